The fourth-order valence-electron chi connectivity index (χ4n) is 1.09. The Morgan fingerprint density at radius 2 is 1.93 bits per heavy atom. The van der Waals surface area contributed by atoms with E-state index in [1.807, 2.05) is 0 Å². The molecule has 3 nitrogen and oxygen atoms in total. The van der Waals surface area contributed by atoms with Crippen molar-refractivity contribution in [2.75, 3.05) is 20.0 Å². The third kappa shape index (κ3) is 4.55. The predicted molar refractivity (Wildman–Crippen MR) is 59.1 cm³/mol. The van der Waals surface area contributed by atoms with Crippen LogP contribution < -0.4 is 0 Å². The molecule has 0 heterocycles. The summed E-state index contributed by atoms with van der Waals surface area (Å²) in [5.41, 5.74) is -0.237. The molecule has 14 heavy (non-hydrogen) atoms. The van der Waals surface area contributed by atoms with E-state index in [0.717, 1.165) is 19.4 Å². The molecule has 1 fully saturated rings. The lowest BCUT2D eigenvalue weighted by molar-refractivity contribution is -0.112. The Morgan fingerprint density at radius 3 is 2.36 bits per heavy atom. The summed E-state index contributed by atoms with van der Waals surface area (Å²) in [5.74, 6) is 0. The van der Waals surface area contributed by atoms with E-state index in [0.29, 0.717) is 6.79 Å². The maximum absolute atomic E-state index is 8.97. The van der Waals surface area contributed by atoms with Gasteiger partial charge in [-0.1, -0.05) is 19.6 Å². The third-order valence-corrected chi connectivity index (χ3v) is 4.24. The number of aliphatic hydroxyl groups excluding tert-OH is 1. The Labute approximate surface area is 87.4 Å². The average molecular weight is 218 g/mol. The second kappa shape index (κ2) is 4.75. The first-order valence-electron chi connectivity index (χ1n) is 5.30. The Hall–Kier alpha value is 0.0969. The molecule has 0 aliphatic heterocycles. The van der Waals surface area contributed by atoms with Crippen LogP contribution in [0.2, 0.25) is 25.7 Å². The molecule has 1 aliphatic carbocycles. The smallest absolute Gasteiger partial charge is 0.147 e. The topological polar surface area (TPSA) is 38.7 Å². The number of hydrogen-bond donors (Lipinski definition) is 1. The summed E-state index contributed by atoms with van der Waals surface area (Å²) >= 11 is 0. The molecular formula is C10H22O3Si. The molecule has 1 saturated carbocycles. The molecule has 0 aromatic rings. The second-order valence-corrected chi connectivity index (χ2v) is 10.9. The van der Waals surface area contributed by atoms with Crippen LogP contribution in [0.3, 0.4) is 0 Å². The number of aliphatic hydroxyl groups is 1. The standard InChI is InChI=1S/C10H22O3Si/c1-14(2,3)7-6-12-9-13-10(8-11)4-5-10/h11H,4-9H2,1-3H3. The highest BCUT2D eigenvalue weighted by Crippen LogP contribution is 2.38. The van der Waals surface area contributed by atoms with E-state index in [1.54, 1.807) is 0 Å². The average Bonchev–Trinajstić information content (AvgIpc) is 2.83. The number of hydrogen-bond acceptors (Lipinski definition) is 3. The summed E-state index contributed by atoms with van der Waals surface area (Å²) in [4.78, 5) is 0. The van der Waals surface area contributed by atoms with E-state index in [1.165, 1.54) is 6.04 Å². The van der Waals surface area contributed by atoms with Gasteiger partial charge in [-0.25, -0.2) is 0 Å². The van der Waals surface area contributed by atoms with Gasteiger partial charge in [-0.2, -0.15) is 0 Å². The van der Waals surface area contributed by atoms with E-state index in [2.05, 4.69) is 19.6 Å². The Balaban J connectivity index is 1.95. The Bertz CT molecular complexity index is 173. The molecule has 0 amide bonds. The van der Waals surface area contributed by atoms with Crippen molar-refractivity contribution in [3.05, 3.63) is 0 Å². The largest absolute Gasteiger partial charge is 0.393 e. The van der Waals surface area contributed by atoms with Crippen molar-refractivity contribution in [3.8, 4) is 0 Å². The van der Waals surface area contributed by atoms with Crippen molar-refractivity contribution >= 4 is 8.07 Å². The quantitative estimate of drug-likeness (QED) is 0.402. The normalized spacial score (nSPS) is 19.7. The minimum atomic E-state index is -0.976. The maximum atomic E-state index is 8.97. The van der Waals surface area contributed by atoms with E-state index in [-0.39, 0.29) is 12.2 Å². The molecule has 4 heteroatoms. The molecule has 0 spiro atoms. The molecule has 1 rings (SSSR count). The Morgan fingerprint density at radius 1 is 1.29 bits per heavy atom. The molecule has 1 N–H and O–H groups in total. The van der Waals surface area contributed by atoms with Crippen LogP contribution in [0.25, 0.3) is 0 Å². The first kappa shape index (κ1) is 12.2. The SMILES string of the molecule is C[Si](C)(C)CCOCOC1(CO)CC1. The molecule has 1 aliphatic rings. The molecule has 84 valence electrons. The van der Waals surface area contributed by atoms with Crippen LogP contribution in [0.15, 0.2) is 0 Å². The van der Waals surface area contributed by atoms with Gasteiger partial charge < -0.3 is 14.6 Å². The molecule has 0 saturated heterocycles. The summed E-state index contributed by atoms with van der Waals surface area (Å²) in [5, 5.41) is 8.97. The van der Waals surface area contributed by atoms with Gasteiger partial charge in [-0.3, -0.25) is 0 Å². The highest BCUT2D eigenvalue weighted by atomic mass is 28.3. The van der Waals surface area contributed by atoms with E-state index in [4.69, 9.17) is 14.6 Å². The van der Waals surface area contributed by atoms with Crippen LogP contribution >= 0.6 is 0 Å². The lowest BCUT2D eigenvalue weighted by Gasteiger charge is -2.17. The van der Waals surface area contributed by atoms with Crippen LogP contribution in [0.5, 0.6) is 0 Å². The van der Waals surface area contributed by atoms with Crippen LogP contribution in [-0.2, 0) is 9.47 Å². The summed E-state index contributed by atoms with van der Waals surface area (Å²) in [7, 11) is -0.976. The lowest BCUT2D eigenvalue weighted by atomic mass is 10.4. The van der Waals surface area contributed by atoms with Crippen LogP contribution in [0, 0.1) is 0 Å². The fraction of sp³-hybridized carbons (Fsp3) is 1.00. The van der Waals surface area contributed by atoms with Crippen LogP contribution in [-0.4, -0.2) is 38.8 Å². The zero-order valence-electron chi connectivity index (χ0n) is 9.51. The summed E-state index contributed by atoms with van der Waals surface area (Å²) < 4.78 is 10.8. The first-order chi connectivity index (χ1) is 6.47. The molecular weight excluding hydrogens is 196 g/mol. The zero-order valence-corrected chi connectivity index (χ0v) is 10.5. The van der Waals surface area contributed by atoms with Gasteiger partial charge in [0, 0.05) is 14.7 Å². The van der Waals surface area contributed by atoms with Crippen molar-refractivity contribution < 1.29 is 14.6 Å². The van der Waals surface area contributed by atoms with E-state index >= 15 is 0 Å². The van der Waals surface area contributed by atoms with E-state index in [9.17, 15) is 0 Å². The van der Waals surface area contributed by atoms with Gasteiger partial charge in [0.25, 0.3) is 0 Å². The summed E-state index contributed by atoms with van der Waals surface area (Å²) in [6, 6.07) is 1.17. The summed E-state index contributed by atoms with van der Waals surface area (Å²) in [6.07, 6.45) is 1.95. The molecule has 0 aromatic heterocycles. The van der Waals surface area contributed by atoms with Crippen molar-refractivity contribution in [2.45, 2.75) is 44.1 Å². The molecule has 0 atom stereocenters. The van der Waals surface area contributed by atoms with Gasteiger partial charge in [0.1, 0.15) is 6.79 Å². The van der Waals surface area contributed by atoms with Crippen LogP contribution in [0.1, 0.15) is 12.8 Å². The second-order valence-electron chi connectivity index (χ2n) is 5.32. The lowest BCUT2D eigenvalue weighted by Crippen LogP contribution is -2.24. The van der Waals surface area contributed by atoms with Gasteiger partial charge in [0.15, 0.2) is 0 Å². The third-order valence-electron chi connectivity index (χ3n) is 2.54. The van der Waals surface area contributed by atoms with Gasteiger partial charge in [0.05, 0.1) is 12.2 Å². The maximum Gasteiger partial charge on any atom is 0.147 e. The Kier molecular flexibility index (Phi) is 4.12. The predicted octanol–water partition coefficient (Wildman–Crippen LogP) is 1.84. The van der Waals surface area contributed by atoms with E-state index < -0.39 is 8.07 Å². The highest BCUT2D eigenvalue weighted by Gasteiger charge is 2.43. The van der Waals surface area contributed by atoms with Crippen molar-refractivity contribution in [1.82, 2.24) is 0 Å². The summed E-state index contributed by atoms with van der Waals surface area (Å²) in [6.45, 7) is 8.24. The van der Waals surface area contributed by atoms with Crippen molar-refractivity contribution in [3.63, 3.8) is 0 Å². The molecule has 0 bridgehead atoms. The molecule has 0 aromatic carbocycles. The minimum Gasteiger partial charge on any atom is -0.393 e. The molecule has 0 unspecified atom stereocenters. The van der Waals surface area contributed by atoms with Gasteiger partial charge in [-0.15, -0.1) is 0 Å². The van der Waals surface area contributed by atoms with Crippen molar-refractivity contribution in [1.29, 1.82) is 0 Å². The van der Waals surface area contributed by atoms with Crippen molar-refractivity contribution in [2.24, 2.45) is 0 Å². The number of ether oxygens (including phenoxy) is 2. The highest BCUT2D eigenvalue weighted by molar-refractivity contribution is 6.76. The van der Waals surface area contributed by atoms with Gasteiger partial charge >= 0.3 is 0 Å². The first-order valence-corrected chi connectivity index (χ1v) is 9.01. The fourth-order valence-corrected chi connectivity index (χ4v) is 1.85. The molecule has 0 radical (unpaired) electrons. The van der Waals surface area contributed by atoms with Crippen LogP contribution in [0.4, 0.5) is 0 Å². The monoisotopic (exact) mass is 218 g/mol. The van der Waals surface area contributed by atoms with Gasteiger partial charge in [-0.05, 0) is 18.9 Å². The number of rotatable bonds is 7. The zero-order chi connectivity index (χ0) is 10.7. The van der Waals surface area contributed by atoms with Gasteiger partial charge in [0.2, 0.25) is 0 Å². The minimum absolute atomic E-state index is 0.129.